The normalized spacial score (nSPS) is 18.1. The van der Waals surface area contributed by atoms with Gasteiger partial charge in [-0.15, -0.1) is 23.1 Å². The summed E-state index contributed by atoms with van der Waals surface area (Å²) >= 11 is 3.37. The first kappa shape index (κ1) is 15.4. The van der Waals surface area contributed by atoms with Gasteiger partial charge in [0.05, 0.1) is 18.4 Å². The molecule has 2 N–H and O–H groups in total. The lowest BCUT2D eigenvalue weighted by Gasteiger charge is -2.20. The van der Waals surface area contributed by atoms with Crippen LogP contribution >= 0.6 is 23.1 Å². The van der Waals surface area contributed by atoms with Crippen LogP contribution in [-0.4, -0.2) is 28.6 Å². The maximum Gasteiger partial charge on any atom is 0.233 e. The molecule has 1 aromatic rings. The average Bonchev–Trinajstić information content (AvgIpc) is 2.93. The topological polar surface area (TPSA) is 49.3 Å². The number of aliphatic hydroxyl groups is 1. The number of rotatable bonds is 4. The number of hydrogen-bond acceptors (Lipinski definition) is 4. The van der Waals surface area contributed by atoms with Gasteiger partial charge in [-0.3, -0.25) is 4.79 Å². The smallest absolute Gasteiger partial charge is 0.233 e. The van der Waals surface area contributed by atoms with Gasteiger partial charge in [0.1, 0.15) is 0 Å². The van der Waals surface area contributed by atoms with Crippen molar-refractivity contribution in [3.05, 3.63) is 21.9 Å². The van der Waals surface area contributed by atoms with Crippen molar-refractivity contribution in [1.29, 1.82) is 0 Å². The largest absolute Gasteiger partial charge is 0.395 e. The lowest BCUT2D eigenvalue weighted by molar-refractivity contribution is -0.120. The summed E-state index contributed by atoms with van der Waals surface area (Å²) in [7, 11) is 0. The fourth-order valence-corrected chi connectivity index (χ4v) is 4.02. The summed E-state index contributed by atoms with van der Waals surface area (Å²) in [5.41, 5.74) is 0.958. The van der Waals surface area contributed by atoms with Crippen LogP contribution in [0.1, 0.15) is 36.1 Å². The Kier molecular flexibility index (Phi) is 6.44. The van der Waals surface area contributed by atoms with Gasteiger partial charge in [0.25, 0.3) is 0 Å². The molecule has 20 heavy (non-hydrogen) atoms. The Balaban J connectivity index is 1.86. The van der Waals surface area contributed by atoms with Crippen molar-refractivity contribution < 1.29 is 9.90 Å². The Bertz CT molecular complexity index is 495. The van der Waals surface area contributed by atoms with Gasteiger partial charge in [0.15, 0.2) is 0 Å². The van der Waals surface area contributed by atoms with Gasteiger partial charge in [-0.2, -0.15) is 0 Å². The number of hydrogen-bond donors (Lipinski definition) is 2. The SMILES string of the molecule is O=C(NCc1sccc1C#CCCO)C1CCCCS1. The van der Waals surface area contributed by atoms with Gasteiger partial charge < -0.3 is 10.4 Å². The van der Waals surface area contributed by atoms with Crippen LogP contribution < -0.4 is 5.32 Å². The lowest BCUT2D eigenvalue weighted by atomic mass is 10.2. The van der Waals surface area contributed by atoms with Crippen LogP contribution in [0, 0.1) is 11.8 Å². The zero-order chi connectivity index (χ0) is 14.2. The van der Waals surface area contributed by atoms with Gasteiger partial charge in [-0.1, -0.05) is 18.3 Å². The van der Waals surface area contributed by atoms with Crippen LogP contribution in [-0.2, 0) is 11.3 Å². The molecule has 0 spiro atoms. The van der Waals surface area contributed by atoms with Crippen molar-refractivity contribution in [2.45, 2.75) is 37.5 Å². The third kappa shape index (κ3) is 4.55. The summed E-state index contributed by atoms with van der Waals surface area (Å²) in [6.45, 7) is 0.638. The van der Waals surface area contributed by atoms with Crippen molar-refractivity contribution in [3.63, 3.8) is 0 Å². The van der Waals surface area contributed by atoms with Crippen LogP contribution in [0.5, 0.6) is 0 Å². The Morgan fingerprint density at radius 3 is 3.15 bits per heavy atom. The second-order valence-corrected chi connectivity index (χ2v) is 6.92. The van der Waals surface area contributed by atoms with Crippen LogP contribution in [0.4, 0.5) is 0 Å². The summed E-state index contributed by atoms with van der Waals surface area (Å²) in [4.78, 5) is 13.2. The molecule has 1 aromatic heterocycles. The number of thiophene rings is 1. The Labute approximate surface area is 128 Å². The minimum Gasteiger partial charge on any atom is -0.395 e. The molecule has 0 radical (unpaired) electrons. The summed E-state index contributed by atoms with van der Waals surface area (Å²) in [5.74, 6) is 7.20. The predicted octanol–water partition coefficient (Wildman–Crippen LogP) is 2.38. The van der Waals surface area contributed by atoms with E-state index in [1.807, 2.05) is 11.4 Å². The molecule has 2 heterocycles. The number of carbonyl (C=O) groups excluding carboxylic acids is 1. The number of thioether (sulfide) groups is 1. The van der Waals surface area contributed by atoms with Crippen molar-refractivity contribution >= 4 is 29.0 Å². The number of aliphatic hydroxyl groups excluding tert-OH is 1. The second-order valence-electron chi connectivity index (χ2n) is 4.61. The third-order valence-corrected chi connectivity index (χ3v) is 5.40. The quantitative estimate of drug-likeness (QED) is 0.840. The van der Waals surface area contributed by atoms with Crippen molar-refractivity contribution in [3.8, 4) is 11.8 Å². The van der Waals surface area contributed by atoms with E-state index in [-0.39, 0.29) is 17.8 Å². The summed E-state index contributed by atoms with van der Waals surface area (Å²) in [6.07, 6.45) is 3.86. The van der Waals surface area contributed by atoms with Gasteiger partial charge in [0, 0.05) is 16.9 Å². The van der Waals surface area contributed by atoms with Gasteiger partial charge in [0.2, 0.25) is 5.91 Å². The predicted molar refractivity (Wildman–Crippen MR) is 84.8 cm³/mol. The lowest BCUT2D eigenvalue weighted by Crippen LogP contribution is -2.33. The Hall–Kier alpha value is -0.960. The van der Waals surface area contributed by atoms with Crippen molar-refractivity contribution in [2.75, 3.05) is 12.4 Å². The van der Waals surface area contributed by atoms with E-state index < -0.39 is 0 Å². The highest BCUT2D eigenvalue weighted by molar-refractivity contribution is 8.00. The molecule has 0 aliphatic carbocycles. The fourth-order valence-electron chi connectivity index (χ4n) is 2.03. The van der Waals surface area contributed by atoms with Crippen LogP contribution in [0.2, 0.25) is 0 Å². The molecule has 5 heteroatoms. The molecule has 3 nitrogen and oxygen atoms in total. The van der Waals surface area contributed by atoms with E-state index in [9.17, 15) is 4.79 Å². The molecule has 1 amide bonds. The van der Waals surface area contributed by atoms with Crippen LogP contribution in [0.3, 0.4) is 0 Å². The molecule has 1 aliphatic rings. The molecule has 0 bridgehead atoms. The van der Waals surface area contributed by atoms with Gasteiger partial charge in [-0.05, 0) is 30.0 Å². The summed E-state index contributed by atoms with van der Waals surface area (Å²) in [6, 6.07) is 1.96. The zero-order valence-corrected chi connectivity index (χ0v) is 13.0. The van der Waals surface area contributed by atoms with E-state index in [1.165, 1.54) is 6.42 Å². The first-order chi connectivity index (χ1) is 9.81. The third-order valence-electron chi connectivity index (χ3n) is 3.10. The highest BCUT2D eigenvalue weighted by Gasteiger charge is 2.21. The maximum absolute atomic E-state index is 12.1. The van der Waals surface area contributed by atoms with E-state index in [4.69, 9.17) is 5.11 Å². The minimum absolute atomic E-state index is 0.0854. The molecule has 0 aromatic carbocycles. The first-order valence-electron chi connectivity index (χ1n) is 6.86. The van der Waals surface area contributed by atoms with E-state index in [0.717, 1.165) is 29.0 Å². The molecule has 1 saturated heterocycles. The molecule has 1 unspecified atom stereocenters. The monoisotopic (exact) mass is 309 g/mol. The number of carbonyl (C=O) groups is 1. The second kappa shape index (κ2) is 8.35. The van der Waals surface area contributed by atoms with E-state index >= 15 is 0 Å². The van der Waals surface area contributed by atoms with Crippen LogP contribution in [0.15, 0.2) is 11.4 Å². The molecule has 1 aliphatic heterocycles. The maximum atomic E-state index is 12.1. The van der Waals surface area contributed by atoms with Gasteiger partial charge >= 0.3 is 0 Å². The Morgan fingerprint density at radius 1 is 1.50 bits per heavy atom. The van der Waals surface area contributed by atoms with Crippen molar-refractivity contribution in [1.82, 2.24) is 5.32 Å². The number of amides is 1. The summed E-state index contributed by atoms with van der Waals surface area (Å²) < 4.78 is 0. The standard InChI is InChI=1S/C15H19NO2S2/c17-8-3-1-5-12-7-10-20-14(12)11-16-15(18)13-6-2-4-9-19-13/h7,10,13,17H,2-4,6,8-9,11H2,(H,16,18). The van der Waals surface area contributed by atoms with Gasteiger partial charge in [-0.25, -0.2) is 0 Å². The average molecular weight is 309 g/mol. The molecular weight excluding hydrogens is 290 g/mol. The summed E-state index contributed by atoms with van der Waals surface area (Å²) in [5, 5.41) is 13.8. The van der Waals surface area contributed by atoms with E-state index in [1.54, 1.807) is 23.1 Å². The highest BCUT2D eigenvalue weighted by atomic mass is 32.2. The molecule has 1 atom stereocenters. The molecule has 0 saturated carbocycles. The number of nitrogens with one attached hydrogen (secondary N) is 1. The van der Waals surface area contributed by atoms with E-state index in [0.29, 0.717) is 13.0 Å². The molecular formula is C15H19NO2S2. The van der Waals surface area contributed by atoms with Crippen molar-refractivity contribution in [2.24, 2.45) is 0 Å². The molecule has 2 rings (SSSR count). The zero-order valence-electron chi connectivity index (χ0n) is 11.4. The molecule has 108 valence electrons. The van der Waals surface area contributed by atoms with E-state index in [2.05, 4.69) is 17.2 Å². The Morgan fingerprint density at radius 2 is 2.40 bits per heavy atom. The van der Waals surface area contributed by atoms with Crippen LogP contribution in [0.25, 0.3) is 0 Å². The first-order valence-corrected chi connectivity index (χ1v) is 8.79. The fraction of sp³-hybridized carbons (Fsp3) is 0.533. The molecule has 1 fully saturated rings. The highest BCUT2D eigenvalue weighted by Crippen LogP contribution is 2.25. The minimum atomic E-state index is 0.0854.